The molecule has 0 unspecified atom stereocenters. The molecular weight excluding hydrogens is 308 g/mol. The fraction of sp³-hybridized carbons (Fsp3) is 0.263. The van der Waals surface area contributed by atoms with E-state index in [2.05, 4.69) is 24.0 Å². The molecule has 1 aromatic heterocycles. The smallest absolute Gasteiger partial charge is 0.259 e. The van der Waals surface area contributed by atoms with Crippen LogP contribution in [-0.2, 0) is 0 Å². The minimum Gasteiger partial charge on any atom is -0.259 e. The van der Waals surface area contributed by atoms with Crippen molar-refractivity contribution in [3.8, 4) is 5.69 Å². The van der Waals surface area contributed by atoms with Crippen molar-refractivity contribution in [2.75, 3.05) is 0 Å². The van der Waals surface area contributed by atoms with Gasteiger partial charge in [0.15, 0.2) is 0 Å². The first-order chi connectivity index (χ1) is 11.1. The Morgan fingerprint density at radius 2 is 1.91 bits per heavy atom. The summed E-state index contributed by atoms with van der Waals surface area (Å²) in [6, 6.07) is 11.8. The molecule has 1 saturated carbocycles. The molecule has 4 rings (SSSR count). The lowest BCUT2D eigenvalue weighted by molar-refractivity contribution is 0.935. The number of halogens is 1. The van der Waals surface area contributed by atoms with Crippen molar-refractivity contribution >= 4 is 22.5 Å². The molecule has 116 valence electrons. The molecule has 23 heavy (non-hydrogen) atoms. The number of hydrogen-bond acceptors (Lipinski definition) is 2. The van der Waals surface area contributed by atoms with E-state index >= 15 is 0 Å². The summed E-state index contributed by atoms with van der Waals surface area (Å²) in [5.74, 6) is 0.626. The molecule has 2 aromatic carbocycles. The highest BCUT2D eigenvalue weighted by Gasteiger charge is 2.25. The van der Waals surface area contributed by atoms with Crippen LogP contribution in [0.15, 0.2) is 41.2 Å². The Morgan fingerprint density at radius 3 is 2.61 bits per heavy atom. The van der Waals surface area contributed by atoms with Crippen LogP contribution in [0.25, 0.3) is 16.6 Å². The molecule has 3 aromatic rings. The molecule has 1 aliphatic rings. The van der Waals surface area contributed by atoms with E-state index < -0.39 is 0 Å². The third-order valence-electron chi connectivity index (χ3n) is 4.54. The van der Waals surface area contributed by atoms with E-state index in [0.717, 1.165) is 22.2 Å². The summed E-state index contributed by atoms with van der Waals surface area (Å²) in [4.78, 5) is 16.8. The van der Waals surface area contributed by atoms with E-state index in [1.165, 1.54) is 18.4 Å². The number of fused-ring (bicyclic) bond motifs is 1. The van der Waals surface area contributed by atoms with Gasteiger partial charge in [-0.2, -0.15) is 4.98 Å². The number of hydrogen-bond donors (Lipinski definition) is 0. The number of aromatic nitrogens is 2. The molecule has 0 atom stereocenters. The quantitative estimate of drug-likeness (QED) is 0.694. The van der Waals surface area contributed by atoms with E-state index in [1.54, 1.807) is 10.6 Å². The second kappa shape index (κ2) is 5.20. The molecule has 0 radical (unpaired) electrons. The summed E-state index contributed by atoms with van der Waals surface area (Å²) < 4.78 is 1.64. The van der Waals surface area contributed by atoms with Crippen molar-refractivity contribution < 1.29 is 0 Å². The average molecular weight is 325 g/mol. The zero-order valence-electron chi connectivity index (χ0n) is 13.1. The molecule has 3 nitrogen and oxygen atoms in total. The second-order valence-electron chi connectivity index (χ2n) is 6.27. The van der Waals surface area contributed by atoms with Crippen LogP contribution in [0.5, 0.6) is 0 Å². The number of nitrogens with zero attached hydrogens (tertiary/aromatic N) is 2. The van der Waals surface area contributed by atoms with Crippen LogP contribution in [0.1, 0.15) is 35.6 Å². The standard InChI is InChI=1S/C19H17ClN2O/c1-11-9-14(13-7-8-13)10-17-18(11)12(2)21-19(23)22(17)16-6-4-3-5-15(16)20/h3-6,9-10,13H,7-8H2,1-2H3. The first kappa shape index (κ1) is 14.5. The van der Waals surface area contributed by atoms with Crippen molar-refractivity contribution in [1.29, 1.82) is 0 Å². The van der Waals surface area contributed by atoms with E-state index in [0.29, 0.717) is 16.6 Å². The van der Waals surface area contributed by atoms with Crippen LogP contribution in [0, 0.1) is 13.8 Å². The van der Waals surface area contributed by atoms with Gasteiger partial charge in [-0.05, 0) is 61.9 Å². The van der Waals surface area contributed by atoms with Crippen molar-refractivity contribution in [1.82, 2.24) is 9.55 Å². The predicted molar refractivity (Wildman–Crippen MR) is 93.8 cm³/mol. The summed E-state index contributed by atoms with van der Waals surface area (Å²) in [7, 11) is 0. The Labute approximate surface area is 139 Å². The van der Waals surface area contributed by atoms with Gasteiger partial charge in [0.25, 0.3) is 0 Å². The first-order valence-corrected chi connectivity index (χ1v) is 8.23. The van der Waals surface area contributed by atoms with Crippen molar-refractivity contribution in [3.63, 3.8) is 0 Å². The second-order valence-corrected chi connectivity index (χ2v) is 6.68. The van der Waals surface area contributed by atoms with Crippen LogP contribution >= 0.6 is 11.6 Å². The Hall–Kier alpha value is -2.13. The Morgan fingerprint density at radius 1 is 1.17 bits per heavy atom. The fourth-order valence-corrected chi connectivity index (χ4v) is 3.53. The van der Waals surface area contributed by atoms with Crippen molar-refractivity contribution in [3.05, 3.63) is 68.7 Å². The van der Waals surface area contributed by atoms with Gasteiger partial charge in [-0.15, -0.1) is 0 Å². The number of benzene rings is 2. The topological polar surface area (TPSA) is 34.9 Å². The van der Waals surface area contributed by atoms with Crippen molar-refractivity contribution in [2.45, 2.75) is 32.6 Å². The van der Waals surface area contributed by atoms with E-state index in [4.69, 9.17) is 11.6 Å². The lowest BCUT2D eigenvalue weighted by Gasteiger charge is -2.15. The molecule has 0 N–H and O–H groups in total. The van der Waals surface area contributed by atoms with Crippen LogP contribution < -0.4 is 5.69 Å². The minimum absolute atomic E-state index is 0.282. The van der Waals surface area contributed by atoms with Crippen LogP contribution in [0.4, 0.5) is 0 Å². The molecule has 1 fully saturated rings. The number of aryl methyl sites for hydroxylation is 2. The Balaban J connectivity index is 2.14. The highest BCUT2D eigenvalue weighted by atomic mass is 35.5. The molecule has 0 aliphatic heterocycles. The van der Waals surface area contributed by atoms with Crippen molar-refractivity contribution in [2.24, 2.45) is 0 Å². The van der Waals surface area contributed by atoms with Crippen LogP contribution in [-0.4, -0.2) is 9.55 Å². The normalized spacial score (nSPS) is 14.4. The number of para-hydroxylation sites is 1. The third-order valence-corrected chi connectivity index (χ3v) is 4.86. The van der Waals surface area contributed by atoms with Gasteiger partial charge in [0.1, 0.15) is 0 Å². The summed E-state index contributed by atoms with van der Waals surface area (Å²) in [5.41, 5.74) is 4.54. The maximum Gasteiger partial charge on any atom is 0.352 e. The highest BCUT2D eigenvalue weighted by Crippen LogP contribution is 2.42. The first-order valence-electron chi connectivity index (χ1n) is 7.85. The molecule has 4 heteroatoms. The van der Waals surface area contributed by atoms with Gasteiger partial charge in [-0.1, -0.05) is 29.8 Å². The molecular formula is C19H17ClN2O. The molecule has 1 heterocycles. The Kier molecular flexibility index (Phi) is 3.27. The van der Waals surface area contributed by atoms with Gasteiger partial charge in [0, 0.05) is 5.39 Å². The average Bonchev–Trinajstić information content (AvgIpc) is 3.33. The van der Waals surface area contributed by atoms with Gasteiger partial charge in [0.05, 0.1) is 21.9 Å². The fourth-order valence-electron chi connectivity index (χ4n) is 3.31. The zero-order valence-corrected chi connectivity index (χ0v) is 13.9. The molecule has 0 saturated heterocycles. The van der Waals surface area contributed by atoms with Gasteiger partial charge in [-0.3, -0.25) is 4.57 Å². The van der Waals surface area contributed by atoms with E-state index in [-0.39, 0.29) is 5.69 Å². The monoisotopic (exact) mass is 324 g/mol. The lowest BCUT2D eigenvalue weighted by Crippen LogP contribution is -2.23. The molecule has 0 bridgehead atoms. The molecule has 0 spiro atoms. The van der Waals surface area contributed by atoms with Gasteiger partial charge in [0.2, 0.25) is 0 Å². The third kappa shape index (κ3) is 2.36. The zero-order chi connectivity index (χ0) is 16.1. The van der Waals surface area contributed by atoms with Gasteiger partial charge in [-0.25, -0.2) is 4.79 Å². The highest BCUT2D eigenvalue weighted by molar-refractivity contribution is 6.32. The summed E-state index contributed by atoms with van der Waals surface area (Å²) in [5, 5.41) is 1.59. The molecule has 1 aliphatic carbocycles. The summed E-state index contributed by atoms with van der Waals surface area (Å²) in [6.45, 7) is 3.98. The van der Waals surface area contributed by atoms with E-state index in [9.17, 15) is 4.79 Å². The van der Waals surface area contributed by atoms with Crippen LogP contribution in [0.3, 0.4) is 0 Å². The predicted octanol–water partition coefficient (Wildman–Crippen LogP) is 4.53. The van der Waals surface area contributed by atoms with Gasteiger partial charge < -0.3 is 0 Å². The van der Waals surface area contributed by atoms with Gasteiger partial charge >= 0.3 is 5.69 Å². The Bertz CT molecular complexity index is 987. The minimum atomic E-state index is -0.282. The van der Waals surface area contributed by atoms with E-state index in [1.807, 2.05) is 25.1 Å². The maximum atomic E-state index is 12.6. The summed E-state index contributed by atoms with van der Waals surface area (Å²) in [6.07, 6.45) is 2.46. The maximum absolute atomic E-state index is 12.6. The molecule has 0 amide bonds. The van der Waals surface area contributed by atoms with Crippen LogP contribution in [0.2, 0.25) is 5.02 Å². The number of rotatable bonds is 2. The SMILES string of the molecule is Cc1cc(C2CC2)cc2c1c(C)nc(=O)n2-c1ccccc1Cl. The largest absolute Gasteiger partial charge is 0.352 e. The lowest BCUT2D eigenvalue weighted by atomic mass is 10.0. The summed E-state index contributed by atoms with van der Waals surface area (Å²) >= 11 is 6.34.